The van der Waals surface area contributed by atoms with E-state index in [2.05, 4.69) is 15.7 Å². The minimum atomic E-state index is 0.754. The van der Waals surface area contributed by atoms with Gasteiger partial charge in [0.1, 0.15) is 0 Å². The number of rotatable bonds is 0. The maximum atomic E-state index is 2.37. The molecule has 0 aromatic rings. The first-order chi connectivity index (χ1) is 3.00. The summed E-state index contributed by atoms with van der Waals surface area (Å²) < 4.78 is 0. The molecule has 3 heteroatoms. The van der Waals surface area contributed by atoms with Gasteiger partial charge in [-0.3, -0.25) is 0 Å². The van der Waals surface area contributed by atoms with Crippen LogP contribution in [-0.4, -0.2) is 42.3 Å². The number of allylic oxidation sites excluding steroid dienone is 1. The van der Waals surface area contributed by atoms with Crippen molar-refractivity contribution in [3.05, 3.63) is 10.9 Å². The molecule has 0 N–H and O–H groups in total. The summed E-state index contributed by atoms with van der Waals surface area (Å²) in [4.78, 5) is 4.74. The molecule has 1 aliphatic heterocycles. The van der Waals surface area contributed by atoms with E-state index in [9.17, 15) is 0 Å². The van der Waals surface area contributed by atoms with E-state index >= 15 is 0 Å². The molecule has 0 aromatic carbocycles. The molecule has 0 fully saturated rings. The topological polar surface area (TPSA) is 0 Å². The molecule has 0 aliphatic carbocycles. The fraction of sp³-hybridized carbons (Fsp3) is 0. The van der Waals surface area contributed by atoms with Crippen molar-refractivity contribution in [2.45, 2.75) is 0 Å². The first-order valence-electron chi connectivity index (χ1n) is 1.58. The van der Waals surface area contributed by atoms with Crippen molar-refractivity contribution in [2.24, 2.45) is 0 Å². The Morgan fingerprint density at radius 1 is 1.33 bits per heavy atom. The molecule has 0 bridgehead atoms. The third-order valence-electron chi connectivity index (χ3n) is 0.409. The van der Waals surface area contributed by atoms with Gasteiger partial charge < -0.3 is 0 Å². The zero-order valence-corrected chi connectivity index (χ0v) is 8.70. The summed E-state index contributed by atoms with van der Waals surface area (Å²) >= 11 is 2.38. The fourth-order valence-electron chi connectivity index (χ4n) is 0.205. The van der Waals surface area contributed by atoms with Crippen molar-refractivity contribution in [1.29, 1.82) is 0 Å². The zero-order chi connectivity index (χ0) is 4.24. The van der Waals surface area contributed by atoms with Gasteiger partial charge in [-0.25, -0.2) is 0 Å². The average molecular weight is 264 g/mol. The van der Waals surface area contributed by atoms with Crippen LogP contribution in [0.4, 0.5) is 0 Å². The van der Waals surface area contributed by atoms with E-state index in [1.165, 1.54) is 0 Å². The molecular weight excluding hydrogens is 261 g/mol. The predicted octanol–water partition coefficient (Wildman–Crippen LogP) is -0.742. The van der Waals surface area contributed by atoms with Gasteiger partial charge in [-0.1, -0.05) is 0 Å². The van der Waals surface area contributed by atoms with E-state index < -0.39 is 0 Å². The van der Waals surface area contributed by atoms with Gasteiger partial charge in [0.2, 0.25) is 0 Å². The molecule has 0 spiro atoms. The maximum absolute atomic E-state index is 2.37. The summed E-state index contributed by atoms with van der Waals surface area (Å²) in [7, 11) is 0. The Bertz CT molecular complexity index is 75.4. The van der Waals surface area contributed by atoms with Crippen LogP contribution in [0.5, 0.6) is 0 Å². The van der Waals surface area contributed by atoms with E-state index in [4.69, 9.17) is 0 Å². The molecule has 0 unspecified atom stereocenters. The van der Waals surface area contributed by atoms with Crippen molar-refractivity contribution in [3.8, 4) is 0 Å². The van der Waals surface area contributed by atoms with Crippen LogP contribution < -0.4 is 0 Å². The quantitative estimate of drug-likeness (QED) is 0.505. The Kier molecular flexibility index (Phi) is 2.99. The second kappa shape index (κ2) is 3.31. The number of hydrogen-bond donors (Lipinski definition) is 0. The van der Waals surface area contributed by atoms with Crippen LogP contribution in [0.25, 0.3) is 0 Å². The molecule has 0 aromatic heterocycles. The average Bonchev–Trinajstić information content (AvgIpc) is 1.72. The van der Waals surface area contributed by atoms with Gasteiger partial charge in [-0.15, -0.1) is 0 Å². The second-order valence-electron chi connectivity index (χ2n) is 0.811. The molecular formula is C3H3As3. The predicted molar refractivity (Wildman–Crippen MR) is 32.5 cm³/mol. The Labute approximate surface area is 52.8 Å². The van der Waals surface area contributed by atoms with Crippen LogP contribution in [0.15, 0.2) is 10.9 Å². The molecule has 30 valence electrons. The van der Waals surface area contributed by atoms with Gasteiger partial charge in [0.25, 0.3) is 0 Å². The van der Waals surface area contributed by atoms with Gasteiger partial charge >= 0.3 is 53.2 Å². The zero-order valence-electron chi connectivity index (χ0n) is 3.07. The van der Waals surface area contributed by atoms with E-state index in [0.29, 0.717) is 0 Å². The van der Waals surface area contributed by atoms with Crippen molar-refractivity contribution in [1.82, 2.24) is 0 Å². The molecule has 0 nitrogen and oxygen atoms in total. The van der Waals surface area contributed by atoms with Crippen molar-refractivity contribution < 1.29 is 0 Å². The summed E-state index contributed by atoms with van der Waals surface area (Å²) in [5.41, 5.74) is 0. The molecule has 0 amide bonds. The Balaban J connectivity index is 2.77. The summed E-state index contributed by atoms with van der Waals surface area (Å²) in [6.45, 7) is 0. The molecule has 1 rings (SSSR count). The van der Waals surface area contributed by atoms with Gasteiger partial charge in [-0.05, 0) is 0 Å². The van der Waals surface area contributed by atoms with Crippen molar-refractivity contribution in [3.63, 3.8) is 0 Å². The molecule has 0 atom stereocenters. The van der Waals surface area contributed by atoms with Crippen LogP contribution in [0.3, 0.4) is 0 Å². The van der Waals surface area contributed by atoms with Gasteiger partial charge in [0.05, 0.1) is 0 Å². The minimum absolute atomic E-state index is 0.754. The van der Waals surface area contributed by atoms with Crippen LogP contribution in [0, 0.1) is 0 Å². The number of hydrogen-bond acceptors (Lipinski definition) is 0. The van der Waals surface area contributed by atoms with Gasteiger partial charge in [0, 0.05) is 0 Å². The Morgan fingerprint density at radius 3 is 2.50 bits per heavy atom. The fourth-order valence-corrected chi connectivity index (χ4v) is 15.7. The van der Waals surface area contributed by atoms with Crippen LogP contribution in [-0.2, 0) is 0 Å². The van der Waals surface area contributed by atoms with E-state index in [1.54, 1.807) is 0 Å². The van der Waals surface area contributed by atoms with Crippen LogP contribution in [0.2, 0.25) is 0 Å². The molecule has 1 heterocycles. The summed E-state index contributed by atoms with van der Waals surface area (Å²) in [5, 5.41) is 0. The second-order valence-corrected chi connectivity index (χ2v) is 20.5. The Morgan fingerprint density at radius 2 is 2.33 bits per heavy atom. The SMILES string of the molecule is C1=C[As]=[As][As]=C1. The van der Waals surface area contributed by atoms with E-state index in [1.807, 2.05) is 0 Å². The summed E-state index contributed by atoms with van der Waals surface area (Å²) in [6, 6.07) is 0. The van der Waals surface area contributed by atoms with Gasteiger partial charge in [-0.2, -0.15) is 0 Å². The van der Waals surface area contributed by atoms with Crippen molar-refractivity contribution in [2.75, 3.05) is 0 Å². The Hall–Kier alpha value is 1.29. The summed E-state index contributed by atoms with van der Waals surface area (Å²) in [6.07, 6.45) is 2.25. The van der Waals surface area contributed by atoms with Crippen molar-refractivity contribution >= 4 is 42.3 Å². The first kappa shape index (κ1) is 5.42. The monoisotopic (exact) mass is 264 g/mol. The molecule has 0 saturated heterocycles. The van der Waals surface area contributed by atoms with E-state index in [-0.39, 0.29) is 0 Å². The normalized spacial score (nSPS) is 24.0. The van der Waals surface area contributed by atoms with Gasteiger partial charge in [0.15, 0.2) is 0 Å². The summed E-state index contributed by atoms with van der Waals surface area (Å²) in [5.74, 6) is 0. The van der Waals surface area contributed by atoms with E-state index in [0.717, 1.165) is 37.5 Å². The van der Waals surface area contributed by atoms with Crippen LogP contribution >= 0.6 is 0 Å². The molecule has 0 radical (unpaired) electrons. The third kappa shape index (κ3) is 1.83. The molecule has 0 saturated carbocycles. The third-order valence-corrected chi connectivity index (χ3v) is 19.0. The first-order valence-corrected chi connectivity index (χ1v) is 14.1. The standard InChI is InChI=1S/C3H3As3/c1-2-4-6-5-3-1/h1-3H. The van der Waals surface area contributed by atoms with Crippen LogP contribution in [0.1, 0.15) is 0 Å². The molecule has 1 aliphatic rings. The molecule has 6 heavy (non-hydrogen) atoms.